The van der Waals surface area contributed by atoms with Crippen molar-refractivity contribution in [3.05, 3.63) is 53.1 Å². The molecule has 0 aromatic heterocycles. The Morgan fingerprint density at radius 3 is 2.41 bits per heavy atom. The van der Waals surface area contributed by atoms with Crippen molar-refractivity contribution in [3.8, 4) is 17.2 Å². The number of benzene rings is 2. The average molecular weight is 402 g/mol. The van der Waals surface area contributed by atoms with Crippen LogP contribution in [0.5, 0.6) is 17.2 Å². The van der Waals surface area contributed by atoms with E-state index in [0.717, 1.165) is 22.4 Å². The van der Waals surface area contributed by atoms with Gasteiger partial charge in [-0.15, -0.1) is 0 Å². The van der Waals surface area contributed by atoms with E-state index in [1.165, 1.54) is 6.92 Å². The van der Waals surface area contributed by atoms with Crippen molar-refractivity contribution in [3.63, 3.8) is 0 Å². The van der Waals surface area contributed by atoms with Crippen molar-refractivity contribution >= 4 is 5.97 Å². The van der Waals surface area contributed by atoms with Gasteiger partial charge < -0.3 is 24.6 Å². The lowest BCUT2D eigenvalue weighted by molar-refractivity contribution is -0.131. The van der Waals surface area contributed by atoms with E-state index >= 15 is 0 Å². The van der Waals surface area contributed by atoms with Gasteiger partial charge in [0.05, 0.1) is 0 Å². The number of aliphatic hydroxyl groups is 1. The number of hydrogen-bond donors (Lipinski definition) is 2. The van der Waals surface area contributed by atoms with E-state index in [9.17, 15) is 9.90 Å². The van der Waals surface area contributed by atoms with Gasteiger partial charge in [0.25, 0.3) is 0 Å². The van der Waals surface area contributed by atoms with Crippen LogP contribution >= 0.6 is 0 Å². The molecule has 0 saturated carbocycles. The number of nitrogens with one attached hydrogen (secondary N) is 1. The topological polar surface area (TPSA) is 77.0 Å². The Labute approximate surface area is 172 Å². The van der Waals surface area contributed by atoms with E-state index in [4.69, 9.17) is 14.2 Å². The summed E-state index contributed by atoms with van der Waals surface area (Å²) >= 11 is 0. The summed E-state index contributed by atoms with van der Waals surface area (Å²) in [7, 11) is 0. The van der Waals surface area contributed by atoms with Gasteiger partial charge in [0, 0.05) is 19.5 Å². The second-order valence-electron chi connectivity index (χ2n) is 7.26. The van der Waals surface area contributed by atoms with Gasteiger partial charge in [-0.3, -0.25) is 4.79 Å². The van der Waals surface area contributed by atoms with Gasteiger partial charge in [0.1, 0.15) is 36.6 Å². The third-order valence-electron chi connectivity index (χ3n) is 4.60. The molecule has 2 atom stereocenters. The first-order chi connectivity index (χ1) is 13.8. The smallest absolute Gasteiger partial charge is 0.308 e. The maximum Gasteiger partial charge on any atom is 0.308 e. The molecule has 6 heteroatoms. The predicted molar refractivity (Wildman–Crippen MR) is 113 cm³/mol. The first-order valence-corrected chi connectivity index (χ1v) is 9.79. The first kappa shape index (κ1) is 22.7. The zero-order valence-electron chi connectivity index (χ0n) is 17.8. The molecule has 2 rings (SSSR count). The minimum Gasteiger partial charge on any atom is -0.492 e. The standard InChI is InChI=1S/C23H31NO5/c1-15-11-22(17(3)18(4)23(15)29-19(5)25)28-14-20(26)12-24-16(2)13-27-21-9-7-6-8-10-21/h6-11,16,20,24,26H,12-14H2,1-5H3/t16-,20+/m0/s1. The van der Waals surface area contributed by atoms with Crippen LogP contribution in [0.3, 0.4) is 0 Å². The van der Waals surface area contributed by atoms with E-state index in [0.29, 0.717) is 24.7 Å². The molecular formula is C23H31NO5. The molecule has 0 aliphatic carbocycles. The highest BCUT2D eigenvalue weighted by Crippen LogP contribution is 2.33. The molecule has 158 valence electrons. The molecule has 0 aliphatic rings. The molecule has 29 heavy (non-hydrogen) atoms. The normalized spacial score (nSPS) is 12.9. The van der Waals surface area contributed by atoms with Crippen LogP contribution in [-0.2, 0) is 4.79 Å². The number of ether oxygens (including phenoxy) is 3. The van der Waals surface area contributed by atoms with Crippen LogP contribution in [0.4, 0.5) is 0 Å². The van der Waals surface area contributed by atoms with Gasteiger partial charge in [-0.05, 0) is 62.6 Å². The molecule has 2 aromatic carbocycles. The van der Waals surface area contributed by atoms with Crippen molar-refractivity contribution < 1.29 is 24.1 Å². The van der Waals surface area contributed by atoms with E-state index in [2.05, 4.69) is 5.32 Å². The summed E-state index contributed by atoms with van der Waals surface area (Å²) < 4.78 is 16.8. The van der Waals surface area contributed by atoms with Gasteiger partial charge in [-0.1, -0.05) is 18.2 Å². The highest BCUT2D eigenvalue weighted by molar-refractivity contribution is 5.71. The van der Waals surface area contributed by atoms with Crippen LogP contribution in [0.25, 0.3) is 0 Å². The number of carbonyl (C=O) groups is 1. The van der Waals surface area contributed by atoms with Crippen molar-refractivity contribution in [2.45, 2.75) is 46.8 Å². The van der Waals surface area contributed by atoms with E-state index < -0.39 is 6.10 Å². The Kier molecular flexibility index (Phi) is 8.49. The highest BCUT2D eigenvalue weighted by Gasteiger charge is 2.15. The Morgan fingerprint density at radius 2 is 1.76 bits per heavy atom. The van der Waals surface area contributed by atoms with Gasteiger partial charge >= 0.3 is 5.97 Å². The quantitative estimate of drug-likeness (QED) is 0.470. The monoisotopic (exact) mass is 401 g/mol. The summed E-state index contributed by atoms with van der Waals surface area (Å²) in [6.07, 6.45) is -0.665. The molecule has 0 fully saturated rings. The number of aliphatic hydroxyl groups excluding tert-OH is 1. The van der Waals surface area contributed by atoms with Gasteiger partial charge in [0.15, 0.2) is 0 Å². The second kappa shape index (κ2) is 10.8. The van der Waals surface area contributed by atoms with Crippen LogP contribution in [0, 0.1) is 20.8 Å². The lowest BCUT2D eigenvalue weighted by Crippen LogP contribution is -2.39. The Morgan fingerprint density at radius 1 is 1.07 bits per heavy atom. The molecule has 0 saturated heterocycles. The number of para-hydroxylation sites is 1. The zero-order valence-corrected chi connectivity index (χ0v) is 17.8. The third kappa shape index (κ3) is 7.07. The molecule has 2 aromatic rings. The average Bonchev–Trinajstić information content (AvgIpc) is 2.70. The van der Waals surface area contributed by atoms with Crippen molar-refractivity contribution in [2.24, 2.45) is 0 Å². The maximum absolute atomic E-state index is 11.3. The van der Waals surface area contributed by atoms with Crippen LogP contribution in [0.2, 0.25) is 0 Å². The Hall–Kier alpha value is -2.57. The van der Waals surface area contributed by atoms with Crippen molar-refractivity contribution in [1.29, 1.82) is 0 Å². The first-order valence-electron chi connectivity index (χ1n) is 9.79. The number of carbonyl (C=O) groups excluding carboxylic acids is 1. The molecule has 0 unspecified atom stereocenters. The molecule has 2 N–H and O–H groups in total. The van der Waals surface area contributed by atoms with Crippen LogP contribution < -0.4 is 19.5 Å². The van der Waals surface area contributed by atoms with E-state index in [1.54, 1.807) is 0 Å². The highest BCUT2D eigenvalue weighted by atomic mass is 16.5. The van der Waals surface area contributed by atoms with Gasteiger partial charge in [-0.2, -0.15) is 0 Å². The summed E-state index contributed by atoms with van der Waals surface area (Å²) in [5.74, 6) is 1.71. The van der Waals surface area contributed by atoms with Crippen molar-refractivity contribution in [1.82, 2.24) is 5.32 Å². The van der Waals surface area contributed by atoms with E-state index in [-0.39, 0.29) is 18.6 Å². The number of rotatable bonds is 10. The minimum absolute atomic E-state index is 0.0825. The maximum atomic E-state index is 11.3. The fourth-order valence-electron chi connectivity index (χ4n) is 2.85. The minimum atomic E-state index is -0.665. The lowest BCUT2D eigenvalue weighted by atomic mass is 10.0. The Balaban J connectivity index is 1.81. The number of esters is 1. The fraction of sp³-hybridized carbons (Fsp3) is 0.435. The molecule has 0 amide bonds. The molecule has 6 nitrogen and oxygen atoms in total. The third-order valence-corrected chi connectivity index (χ3v) is 4.60. The molecule has 0 radical (unpaired) electrons. The van der Waals surface area contributed by atoms with E-state index in [1.807, 2.05) is 64.1 Å². The fourth-order valence-corrected chi connectivity index (χ4v) is 2.85. The summed E-state index contributed by atoms with van der Waals surface area (Å²) in [4.78, 5) is 11.3. The molecule has 0 heterocycles. The van der Waals surface area contributed by atoms with Crippen LogP contribution in [0.1, 0.15) is 30.5 Å². The number of hydrogen-bond acceptors (Lipinski definition) is 6. The summed E-state index contributed by atoms with van der Waals surface area (Å²) in [5, 5.41) is 13.5. The molecule has 0 aliphatic heterocycles. The summed E-state index contributed by atoms with van der Waals surface area (Å²) in [6, 6.07) is 11.5. The Bertz CT molecular complexity index is 807. The molecular weight excluding hydrogens is 370 g/mol. The van der Waals surface area contributed by atoms with Gasteiger partial charge in [0.2, 0.25) is 0 Å². The molecule has 0 bridgehead atoms. The number of aryl methyl sites for hydroxylation is 1. The SMILES string of the molecule is CC(=O)Oc1c(C)cc(OC[C@H](O)CN[C@@H](C)COc2ccccc2)c(C)c1C. The van der Waals surface area contributed by atoms with Crippen LogP contribution in [-0.4, -0.2) is 43.0 Å². The molecule has 0 spiro atoms. The van der Waals surface area contributed by atoms with Crippen molar-refractivity contribution in [2.75, 3.05) is 19.8 Å². The zero-order chi connectivity index (χ0) is 21.4. The van der Waals surface area contributed by atoms with Gasteiger partial charge in [-0.25, -0.2) is 0 Å². The summed E-state index contributed by atoms with van der Waals surface area (Å²) in [6.45, 7) is 10.1. The summed E-state index contributed by atoms with van der Waals surface area (Å²) in [5.41, 5.74) is 2.56. The lowest BCUT2D eigenvalue weighted by Gasteiger charge is -2.20. The second-order valence-corrected chi connectivity index (χ2v) is 7.26. The van der Waals surface area contributed by atoms with Crippen LogP contribution in [0.15, 0.2) is 36.4 Å². The largest absolute Gasteiger partial charge is 0.492 e. The predicted octanol–water partition coefficient (Wildman–Crippen LogP) is 3.33.